The number of benzene rings is 2. The van der Waals surface area contributed by atoms with E-state index in [1.807, 2.05) is 18.2 Å². The van der Waals surface area contributed by atoms with Crippen LogP contribution in [0.2, 0.25) is 0 Å². The smallest absolute Gasteiger partial charge is 0.264 e. The summed E-state index contributed by atoms with van der Waals surface area (Å²) in [5.74, 6) is 0.753. The number of piperidine rings is 1. The molecule has 0 aliphatic carbocycles. The molecule has 0 saturated carbocycles. The Hall–Kier alpha value is -1.22. The molecule has 2 heterocycles. The maximum atomic E-state index is 13.3. The monoisotopic (exact) mass is 509 g/mol. The molecule has 0 radical (unpaired) electrons. The van der Waals surface area contributed by atoms with Gasteiger partial charge < -0.3 is 10.2 Å². The summed E-state index contributed by atoms with van der Waals surface area (Å²) in [6.07, 6.45) is 5.09. The lowest BCUT2D eigenvalue weighted by molar-refractivity contribution is 0.228. The van der Waals surface area contributed by atoms with Gasteiger partial charge >= 0.3 is 0 Å². The summed E-state index contributed by atoms with van der Waals surface area (Å²) in [4.78, 5) is 3.87. The number of hydrogen-bond acceptors (Lipinski definition) is 5. The SMILES string of the molecule is O=S(=O)(c1cccc(Br)c1)N1CCSc2ccc(NCCCN3CCCCC3)cc21. The van der Waals surface area contributed by atoms with Crippen LogP contribution in [0.4, 0.5) is 11.4 Å². The standard InChI is InChI=1S/C22H28BrN3O2S2/c23-18-6-4-7-20(16-18)30(27,28)26-14-15-29-22-9-8-19(17-21(22)26)24-10-5-13-25-11-2-1-3-12-25/h4,6-9,16-17,24H,1-3,5,10-15H2. The van der Waals surface area contributed by atoms with Gasteiger partial charge in [0.15, 0.2) is 0 Å². The Labute approximate surface area is 192 Å². The van der Waals surface area contributed by atoms with Gasteiger partial charge in [-0.25, -0.2) is 8.42 Å². The summed E-state index contributed by atoms with van der Waals surface area (Å²) in [5, 5.41) is 3.49. The van der Waals surface area contributed by atoms with Crippen molar-refractivity contribution in [3.05, 3.63) is 46.9 Å². The fraction of sp³-hybridized carbons (Fsp3) is 0.455. The fourth-order valence-electron chi connectivity index (χ4n) is 4.03. The topological polar surface area (TPSA) is 52.7 Å². The largest absolute Gasteiger partial charge is 0.385 e. The van der Waals surface area contributed by atoms with Gasteiger partial charge in [-0.3, -0.25) is 4.31 Å². The highest BCUT2D eigenvalue weighted by Crippen LogP contribution is 2.39. The molecule has 0 atom stereocenters. The van der Waals surface area contributed by atoms with Crippen molar-refractivity contribution in [1.82, 2.24) is 4.90 Å². The van der Waals surface area contributed by atoms with E-state index in [4.69, 9.17) is 0 Å². The number of anilines is 2. The molecule has 2 aromatic rings. The highest BCUT2D eigenvalue weighted by molar-refractivity contribution is 9.10. The molecule has 1 fully saturated rings. The van der Waals surface area contributed by atoms with E-state index < -0.39 is 10.0 Å². The summed E-state index contributed by atoms with van der Waals surface area (Å²) in [5.41, 5.74) is 1.75. The molecule has 30 heavy (non-hydrogen) atoms. The molecule has 0 unspecified atom stereocenters. The van der Waals surface area contributed by atoms with Gasteiger partial charge in [0.25, 0.3) is 10.0 Å². The third-order valence-electron chi connectivity index (χ3n) is 5.59. The van der Waals surface area contributed by atoms with Crippen molar-refractivity contribution in [2.45, 2.75) is 35.5 Å². The van der Waals surface area contributed by atoms with Gasteiger partial charge in [0.05, 0.1) is 10.6 Å². The number of halogens is 1. The molecule has 8 heteroatoms. The number of likely N-dealkylation sites (tertiary alicyclic amines) is 1. The molecule has 1 N–H and O–H groups in total. The Morgan fingerprint density at radius 1 is 1.03 bits per heavy atom. The van der Waals surface area contributed by atoms with E-state index in [1.54, 1.807) is 34.3 Å². The zero-order chi connectivity index (χ0) is 21.0. The van der Waals surface area contributed by atoms with Gasteiger partial charge in [0, 0.05) is 33.9 Å². The Balaban J connectivity index is 1.46. The second-order valence-electron chi connectivity index (χ2n) is 7.75. The number of fused-ring (bicyclic) bond motifs is 1. The zero-order valence-electron chi connectivity index (χ0n) is 17.0. The van der Waals surface area contributed by atoms with E-state index in [0.717, 1.165) is 46.0 Å². The summed E-state index contributed by atoms with van der Waals surface area (Å²) in [6, 6.07) is 13.0. The molecule has 0 bridgehead atoms. The fourth-order valence-corrected chi connectivity index (χ4v) is 7.25. The van der Waals surface area contributed by atoms with Gasteiger partial charge in [-0.05, 0) is 75.3 Å². The Morgan fingerprint density at radius 3 is 2.67 bits per heavy atom. The minimum Gasteiger partial charge on any atom is -0.385 e. The number of thioether (sulfide) groups is 1. The highest BCUT2D eigenvalue weighted by Gasteiger charge is 2.29. The number of hydrogen-bond donors (Lipinski definition) is 1. The van der Waals surface area contributed by atoms with E-state index in [-0.39, 0.29) is 0 Å². The van der Waals surface area contributed by atoms with Crippen LogP contribution in [-0.4, -0.2) is 51.8 Å². The molecule has 4 rings (SSSR count). The van der Waals surface area contributed by atoms with Gasteiger partial charge in [-0.15, -0.1) is 11.8 Å². The molecule has 2 aliphatic heterocycles. The highest BCUT2D eigenvalue weighted by atomic mass is 79.9. The molecular weight excluding hydrogens is 482 g/mol. The van der Waals surface area contributed by atoms with Gasteiger partial charge in [-0.1, -0.05) is 28.4 Å². The molecule has 162 valence electrons. The summed E-state index contributed by atoms with van der Waals surface area (Å²) in [7, 11) is -3.60. The normalized spacial score (nSPS) is 17.6. The van der Waals surface area contributed by atoms with Gasteiger partial charge in [0.2, 0.25) is 0 Å². The summed E-state index contributed by atoms with van der Waals surface area (Å²) < 4.78 is 29.0. The lowest BCUT2D eigenvalue weighted by Gasteiger charge is -2.30. The number of nitrogens with one attached hydrogen (secondary N) is 1. The van der Waals surface area contributed by atoms with Gasteiger partial charge in [-0.2, -0.15) is 0 Å². The maximum absolute atomic E-state index is 13.3. The average Bonchev–Trinajstić information content (AvgIpc) is 2.77. The lowest BCUT2D eigenvalue weighted by Crippen LogP contribution is -2.35. The molecule has 0 aromatic heterocycles. The zero-order valence-corrected chi connectivity index (χ0v) is 20.2. The van der Waals surface area contributed by atoms with Crippen LogP contribution in [0.1, 0.15) is 25.7 Å². The van der Waals surface area contributed by atoms with Crippen LogP contribution in [-0.2, 0) is 10.0 Å². The minimum atomic E-state index is -3.60. The van der Waals surface area contributed by atoms with E-state index in [0.29, 0.717) is 11.4 Å². The Kier molecular flexibility index (Phi) is 7.28. The van der Waals surface area contributed by atoms with Crippen molar-refractivity contribution in [3.63, 3.8) is 0 Å². The molecule has 0 amide bonds. The van der Waals surface area contributed by atoms with Crippen molar-refractivity contribution in [2.24, 2.45) is 0 Å². The van der Waals surface area contributed by atoms with Crippen molar-refractivity contribution in [1.29, 1.82) is 0 Å². The first-order chi connectivity index (χ1) is 14.5. The van der Waals surface area contributed by atoms with Crippen molar-refractivity contribution in [3.8, 4) is 0 Å². The third-order valence-corrected chi connectivity index (χ3v) is 8.94. The quantitative estimate of drug-likeness (QED) is 0.529. The van der Waals surface area contributed by atoms with Crippen molar-refractivity contribution < 1.29 is 8.42 Å². The molecular formula is C22H28BrN3O2S2. The average molecular weight is 511 g/mol. The van der Waals surface area contributed by atoms with Crippen LogP contribution < -0.4 is 9.62 Å². The van der Waals surface area contributed by atoms with Gasteiger partial charge in [0.1, 0.15) is 0 Å². The third kappa shape index (κ3) is 5.15. The number of sulfonamides is 1. The minimum absolute atomic E-state index is 0.314. The van der Waals surface area contributed by atoms with Crippen LogP contribution in [0.3, 0.4) is 0 Å². The molecule has 1 saturated heterocycles. The first-order valence-electron chi connectivity index (χ1n) is 10.6. The van der Waals surface area contributed by atoms with Crippen LogP contribution in [0.15, 0.2) is 56.7 Å². The van der Waals surface area contributed by atoms with Crippen LogP contribution in [0.5, 0.6) is 0 Å². The Morgan fingerprint density at radius 2 is 1.87 bits per heavy atom. The second-order valence-corrected chi connectivity index (χ2v) is 11.7. The molecule has 2 aliphatic rings. The lowest BCUT2D eigenvalue weighted by atomic mass is 10.1. The predicted octanol–water partition coefficient (Wildman–Crippen LogP) is 5.04. The van der Waals surface area contributed by atoms with E-state index in [9.17, 15) is 8.42 Å². The van der Waals surface area contributed by atoms with Crippen LogP contribution >= 0.6 is 27.7 Å². The van der Waals surface area contributed by atoms with Crippen molar-refractivity contribution in [2.75, 3.05) is 48.1 Å². The van der Waals surface area contributed by atoms with Crippen LogP contribution in [0.25, 0.3) is 0 Å². The summed E-state index contributed by atoms with van der Waals surface area (Å²) >= 11 is 5.10. The summed E-state index contributed by atoms with van der Waals surface area (Å²) in [6.45, 7) is 4.93. The molecule has 0 spiro atoms. The first-order valence-corrected chi connectivity index (χ1v) is 13.8. The molecule has 2 aromatic carbocycles. The van der Waals surface area contributed by atoms with Crippen molar-refractivity contribution >= 4 is 49.1 Å². The number of nitrogens with zero attached hydrogens (tertiary/aromatic N) is 2. The Bertz CT molecular complexity index is 978. The predicted molar refractivity (Wildman–Crippen MR) is 129 cm³/mol. The van der Waals surface area contributed by atoms with Crippen LogP contribution in [0, 0.1) is 0 Å². The second kappa shape index (κ2) is 9.94. The van der Waals surface area contributed by atoms with E-state index >= 15 is 0 Å². The first kappa shape index (κ1) is 22.0. The molecule has 5 nitrogen and oxygen atoms in total. The maximum Gasteiger partial charge on any atom is 0.264 e. The van der Waals surface area contributed by atoms with E-state index in [2.05, 4.69) is 32.2 Å². The number of rotatable bonds is 7. The van der Waals surface area contributed by atoms with E-state index in [1.165, 1.54) is 32.4 Å².